The molecule has 0 radical (unpaired) electrons. The fourth-order valence-electron chi connectivity index (χ4n) is 3.10. The summed E-state index contributed by atoms with van der Waals surface area (Å²) in [7, 11) is -3.68. The first-order valence-electron chi connectivity index (χ1n) is 9.36. The number of primary amides is 1. The molecule has 0 heterocycles. The van der Waals surface area contributed by atoms with E-state index in [0.29, 0.717) is 11.3 Å². The van der Waals surface area contributed by atoms with Crippen molar-refractivity contribution in [2.24, 2.45) is 5.73 Å². The van der Waals surface area contributed by atoms with Gasteiger partial charge in [0.05, 0.1) is 18.0 Å². The number of hydrogen-bond acceptors (Lipinski definition) is 3. The maximum absolute atomic E-state index is 13.4. The second kappa shape index (κ2) is 9.02. The predicted octanol–water partition coefficient (Wildman–Crippen LogP) is 4.70. The Hall–Kier alpha value is -2.64. The monoisotopic (exact) mass is 486 g/mol. The summed E-state index contributed by atoms with van der Waals surface area (Å²) in [5.74, 6) is -0.632. The molecular formula is C23H23BrN2O3S. The average Bonchev–Trinajstić information content (AvgIpc) is 2.69. The zero-order chi connectivity index (χ0) is 21.9. The number of rotatable bonds is 7. The normalized spacial score (nSPS) is 11.3. The number of nitrogens with zero attached hydrogens (tertiary/aromatic N) is 1. The maximum atomic E-state index is 13.4. The van der Waals surface area contributed by atoms with E-state index >= 15 is 0 Å². The highest BCUT2D eigenvalue weighted by Gasteiger charge is 2.24. The van der Waals surface area contributed by atoms with Gasteiger partial charge in [0.1, 0.15) is 0 Å². The van der Waals surface area contributed by atoms with Gasteiger partial charge in [-0.1, -0.05) is 52.3 Å². The molecule has 0 atom stereocenters. The largest absolute Gasteiger partial charge is 0.366 e. The van der Waals surface area contributed by atoms with Crippen LogP contribution in [0, 0.1) is 13.8 Å². The van der Waals surface area contributed by atoms with Crippen LogP contribution in [-0.4, -0.2) is 14.3 Å². The molecule has 0 spiro atoms. The van der Waals surface area contributed by atoms with Gasteiger partial charge in [0.15, 0.2) is 0 Å². The minimum Gasteiger partial charge on any atom is -0.366 e. The Bertz CT molecular complexity index is 1180. The number of amides is 1. The molecular weight excluding hydrogens is 464 g/mol. The molecule has 0 saturated carbocycles. The molecule has 7 heteroatoms. The van der Waals surface area contributed by atoms with Crippen LogP contribution in [0.5, 0.6) is 0 Å². The molecule has 3 aromatic carbocycles. The molecule has 0 saturated heterocycles. The molecule has 156 valence electrons. The van der Waals surface area contributed by atoms with Crippen LogP contribution in [0.2, 0.25) is 0 Å². The van der Waals surface area contributed by atoms with Crippen LogP contribution in [0.1, 0.15) is 32.6 Å². The number of sulfonamides is 1. The van der Waals surface area contributed by atoms with E-state index in [1.807, 2.05) is 38.1 Å². The molecule has 0 bridgehead atoms. The lowest BCUT2D eigenvalue weighted by atomic mass is 10.1. The van der Waals surface area contributed by atoms with Crippen molar-refractivity contribution in [3.05, 3.63) is 99.0 Å². The van der Waals surface area contributed by atoms with E-state index < -0.39 is 15.9 Å². The molecule has 0 aliphatic heterocycles. The van der Waals surface area contributed by atoms with Crippen LogP contribution in [0.25, 0.3) is 0 Å². The van der Waals surface area contributed by atoms with Crippen LogP contribution >= 0.6 is 15.9 Å². The third-order valence-electron chi connectivity index (χ3n) is 4.92. The summed E-state index contributed by atoms with van der Waals surface area (Å²) in [6, 6.07) is 19.5. The number of benzene rings is 3. The van der Waals surface area contributed by atoms with Crippen molar-refractivity contribution in [1.29, 1.82) is 0 Å². The zero-order valence-electron chi connectivity index (χ0n) is 16.8. The highest BCUT2D eigenvalue weighted by molar-refractivity contribution is 9.10. The molecule has 3 rings (SSSR count). The van der Waals surface area contributed by atoms with Crippen LogP contribution < -0.4 is 10.0 Å². The van der Waals surface area contributed by atoms with Gasteiger partial charge in [0.25, 0.3) is 0 Å². The van der Waals surface area contributed by atoms with E-state index in [2.05, 4.69) is 15.9 Å². The molecule has 0 fully saturated rings. The quantitative estimate of drug-likeness (QED) is 0.525. The van der Waals surface area contributed by atoms with Crippen molar-refractivity contribution >= 4 is 37.5 Å². The Kier molecular flexibility index (Phi) is 6.63. The summed E-state index contributed by atoms with van der Waals surface area (Å²) in [6.45, 7) is 4.11. The summed E-state index contributed by atoms with van der Waals surface area (Å²) < 4.78 is 29.0. The fourth-order valence-corrected chi connectivity index (χ4v) is 5.03. The highest BCUT2D eigenvalue weighted by atomic mass is 79.9. The topological polar surface area (TPSA) is 80.5 Å². The first kappa shape index (κ1) is 22.1. The van der Waals surface area contributed by atoms with Gasteiger partial charge in [-0.3, -0.25) is 9.10 Å². The molecule has 0 aromatic heterocycles. The Balaban J connectivity index is 1.97. The van der Waals surface area contributed by atoms with Crippen LogP contribution in [0.3, 0.4) is 0 Å². The Morgan fingerprint density at radius 2 is 1.60 bits per heavy atom. The third kappa shape index (κ3) is 5.29. The lowest BCUT2D eigenvalue weighted by Gasteiger charge is -2.25. The van der Waals surface area contributed by atoms with Gasteiger partial charge in [-0.2, -0.15) is 0 Å². The van der Waals surface area contributed by atoms with Crippen LogP contribution in [0.4, 0.5) is 5.69 Å². The molecule has 5 nitrogen and oxygen atoms in total. The SMILES string of the molecule is Cc1ccc(CS(=O)(=O)N(Cc2ccc(C(N)=O)cc2)c2cccc(Br)c2)cc1C. The molecule has 0 unspecified atom stereocenters. The van der Waals surface area contributed by atoms with Gasteiger partial charge >= 0.3 is 0 Å². The molecule has 0 aliphatic carbocycles. The zero-order valence-corrected chi connectivity index (χ0v) is 19.2. The Labute approximate surface area is 185 Å². The Morgan fingerprint density at radius 1 is 0.933 bits per heavy atom. The van der Waals surface area contributed by atoms with E-state index in [0.717, 1.165) is 26.7 Å². The van der Waals surface area contributed by atoms with Crippen molar-refractivity contribution < 1.29 is 13.2 Å². The standard InChI is InChI=1S/C23H23BrN2O3S/c1-16-6-7-19(12-17(16)2)15-30(28,29)26(22-5-3-4-21(24)13-22)14-18-8-10-20(11-9-18)23(25)27/h3-13H,14-15H2,1-2H3,(H2,25,27). The minimum atomic E-state index is -3.68. The van der Waals surface area contributed by atoms with Gasteiger partial charge < -0.3 is 5.73 Å². The van der Waals surface area contributed by atoms with E-state index in [-0.39, 0.29) is 12.3 Å². The van der Waals surface area contributed by atoms with Crippen LogP contribution in [-0.2, 0) is 22.3 Å². The van der Waals surface area contributed by atoms with Gasteiger partial charge in [0, 0.05) is 10.0 Å². The van der Waals surface area contributed by atoms with Crippen molar-refractivity contribution in [2.75, 3.05) is 4.31 Å². The van der Waals surface area contributed by atoms with Crippen molar-refractivity contribution in [3.8, 4) is 0 Å². The van der Waals surface area contributed by atoms with Gasteiger partial charge in [-0.25, -0.2) is 8.42 Å². The Morgan fingerprint density at radius 3 is 2.20 bits per heavy atom. The smallest absolute Gasteiger partial charge is 0.248 e. The molecule has 30 heavy (non-hydrogen) atoms. The third-order valence-corrected chi connectivity index (χ3v) is 7.12. The van der Waals surface area contributed by atoms with Gasteiger partial charge in [-0.05, 0) is 66.4 Å². The maximum Gasteiger partial charge on any atom is 0.248 e. The summed E-state index contributed by atoms with van der Waals surface area (Å²) in [5.41, 5.74) is 9.91. The lowest BCUT2D eigenvalue weighted by Crippen LogP contribution is -2.31. The number of carbonyl (C=O) groups is 1. The van der Waals surface area contributed by atoms with E-state index in [1.165, 1.54) is 4.31 Å². The first-order valence-corrected chi connectivity index (χ1v) is 11.8. The minimum absolute atomic E-state index is 0.111. The van der Waals surface area contributed by atoms with Crippen molar-refractivity contribution in [1.82, 2.24) is 0 Å². The summed E-state index contributed by atoms with van der Waals surface area (Å²) >= 11 is 3.42. The molecule has 2 N–H and O–H groups in total. The van der Waals surface area contributed by atoms with Gasteiger partial charge in [-0.15, -0.1) is 0 Å². The number of carbonyl (C=O) groups excluding carboxylic acids is 1. The van der Waals surface area contributed by atoms with Crippen molar-refractivity contribution in [2.45, 2.75) is 26.1 Å². The number of halogens is 1. The predicted molar refractivity (Wildman–Crippen MR) is 124 cm³/mol. The molecule has 0 aliphatic rings. The number of hydrogen-bond donors (Lipinski definition) is 1. The van der Waals surface area contributed by atoms with E-state index in [1.54, 1.807) is 42.5 Å². The molecule has 1 amide bonds. The second-order valence-electron chi connectivity index (χ2n) is 7.22. The summed E-state index contributed by atoms with van der Waals surface area (Å²) in [5, 5.41) is 0. The van der Waals surface area contributed by atoms with Crippen molar-refractivity contribution in [3.63, 3.8) is 0 Å². The number of anilines is 1. The highest BCUT2D eigenvalue weighted by Crippen LogP contribution is 2.27. The number of nitrogens with two attached hydrogens (primary N) is 1. The summed E-state index contributed by atoms with van der Waals surface area (Å²) in [4.78, 5) is 11.3. The average molecular weight is 487 g/mol. The summed E-state index contributed by atoms with van der Waals surface area (Å²) in [6.07, 6.45) is 0. The molecule has 3 aromatic rings. The van der Waals surface area contributed by atoms with Crippen LogP contribution in [0.15, 0.2) is 71.2 Å². The second-order valence-corrected chi connectivity index (χ2v) is 10.0. The van der Waals surface area contributed by atoms with E-state index in [4.69, 9.17) is 5.73 Å². The van der Waals surface area contributed by atoms with Gasteiger partial charge in [0.2, 0.25) is 15.9 Å². The first-order chi connectivity index (χ1) is 14.2. The number of aryl methyl sites for hydroxylation is 2. The van der Waals surface area contributed by atoms with E-state index in [9.17, 15) is 13.2 Å². The fraction of sp³-hybridized carbons (Fsp3) is 0.174. The lowest BCUT2D eigenvalue weighted by molar-refractivity contribution is 0.100.